The van der Waals surface area contributed by atoms with Crippen LogP contribution in [0.1, 0.15) is 39.4 Å². The van der Waals surface area contributed by atoms with Crippen molar-refractivity contribution in [3.63, 3.8) is 0 Å². The zero-order chi connectivity index (χ0) is 15.1. The quantitative estimate of drug-likeness (QED) is 0.872. The van der Waals surface area contributed by atoms with Gasteiger partial charge in [0.25, 0.3) is 0 Å². The molecule has 0 saturated heterocycles. The van der Waals surface area contributed by atoms with Crippen molar-refractivity contribution in [3.8, 4) is 0 Å². The van der Waals surface area contributed by atoms with Gasteiger partial charge in [0.1, 0.15) is 5.82 Å². The van der Waals surface area contributed by atoms with Gasteiger partial charge < -0.3 is 15.2 Å². The van der Waals surface area contributed by atoms with Crippen molar-refractivity contribution in [2.24, 2.45) is 0 Å². The molecule has 1 heterocycles. The zero-order valence-electron chi connectivity index (χ0n) is 13.4. The number of fused-ring (bicyclic) bond motifs is 1. The van der Waals surface area contributed by atoms with Crippen molar-refractivity contribution in [3.05, 3.63) is 24.0 Å². The van der Waals surface area contributed by atoms with Crippen molar-refractivity contribution >= 4 is 16.7 Å². The molecule has 0 radical (unpaired) electrons. The molecular weight excluding hydrogens is 248 g/mol. The molecule has 0 amide bonds. The van der Waals surface area contributed by atoms with E-state index in [0.29, 0.717) is 5.92 Å². The Morgan fingerprint density at radius 3 is 2.50 bits per heavy atom. The topological polar surface area (TPSA) is 47.1 Å². The number of imidazole rings is 1. The number of likely N-dealkylation sites (N-methyl/N-ethyl adjacent to an activating group) is 1. The van der Waals surface area contributed by atoms with Gasteiger partial charge in [0.05, 0.1) is 11.0 Å². The summed E-state index contributed by atoms with van der Waals surface area (Å²) in [6.45, 7) is 9.78. The van der Waals surface area contributed by atoms with Gasteiger partial charge in [-0.2, -0.15) is 0 Å². The Labute approximate surface area is 121 Å². The molecule has 4 nitrogen and oxygen atoms in total. The first-order chi connectivity index (χ1) is 9.22. The number of rotatable bonds is 4. The maximum atomic E-state index is 5.88. The van der Waals surface area contributed by atoms with E-state index in [1.165, 1.54) is 0 Å². The number of anilines is 1. The summed E-state index contributed by atoms with van der Waals surface area (Å²) < 4.78 is 2.33. The summed E-state index contributed by atoms with van der Waals surface area (Å²) in [6.07, 6.45) is 0. The van der Waals surface area contributed by atoms with Crippen molar-refractivity contribution < 1.29 is 0 Å². The first-order valence-electron chi connectivity index (χ1n) is 7.15. The second-order valence-electron chi connectivity index (χ2n) is 6.67. The Morgan fingerprint density at radius 1 is 1.30 bits per heavy atom. The predicted molar refractivity (Wildman–Crippen MR) is 86.0 cm³/mol. The van der Waals surface area contributed by atoms with E-state index in [4.69, 9.17) is 10.7 Å². The van der Waals surface area contributed by atoms with Crippen molar-refractivity contribution in [1.29, 1.82) is 0 Å². The molecule has 0 bridgehead atoms. The largest absolute Gasteiger partial charge is 0.399 e. The lowest BCUT2D eigenvalue weighted by Crippen LogP contribution is -2.42. The summed E-state index contributed by atoms with van der Waals surface area (Å²) in [4.78, 5) is 7.03. The Balaban J connectivity index is 2.57. The number of nitrogens with two attached hydrogens (primary N) is 1. The monoisotopic (exact) mass is 274 g/mol. The number of benzene rings is 1. The van der Waals surface area contributed by atoms with Gasteiger partial charge in [-0.25, -0.2) is 4.98 Å². The van der Waals surface area contributed by atoms with E-state index in [1.807, 2.05) is 12.1 Å². The molecule has 4 heteroatoms. The van der Waals surface area contributed by atoms with Crippen LogP contribution in [0.5, 0.6) is 0 Å². The van der Waals surface area contributed by atoms with E-state index >= 15 is 0 Å². The fourth-order valence-electron chi connectivity index (χ4n) is 2.30. The van der Waals surface area contributed by atoms with E-state index in [2.05, 4.69) is 57.3 Å². The zero-order valence-corrected chi connectivity index (χ0v) is 13.4. The van der Waals surface area contributed by atoms with Gasteiger partial charge in [-0.15, -0.1) is 0 Å². The minimum Gasteiger partial charge on any atom is -0.399 e. The van der Waals surface area contributed by atoms with Gasteiger partial charge in [0, 0.05) is 23.7 Å². The lowest BCUT2D eigenvalue weighted by Gasteiger charge is -2.34. The van der Waals surface area contributed by atoms with Crippen LogP contribution in [0.2, 0.25) is 0 Å². The van der Waals surface area contributed by atoms with Gasteiger partial charge in [-0.3, -0.25) is 0 Å². The second-order valence-corrected chi connectivity index (χ2v) is 6.67. The van der Waals surface area contributed by atoms with Crippen LogP contribution in [0.4, 0.5) is 5.69 Å². The number of nitrogens with zero attached hydrogens (tertiary/aromatic N) is 3. The summed E-state index contributed by atoms with van der Waals surface area (Å²) >= 11 is 0. The maximum Gasteiger partial charge on any atom is 0.112 e. The van der Waals surface area contributed by atoms with Crippen LogP contribution in [0.3, 0.4) is 0 Å². The average Bonchev–Trinajstić information content (AvgIpc) is 2.66. The SMILES string of the molecule is CC(C)c1nc2cc(N)ccc2n1CC(C)(C)N(C)C. The Hall–Kier alpha value is -1.55. The molecule has 0 aliphatic rings. The highest BCUT2D eigenvalue weighted by atomic mass is 15.2. The first kappa shape index (κ1) is 14.9. The van der Waals surface area contributed by atoms with E-state index in [1.54, 1.807) is 0 Å². The summed E-state index contributed by atoms with van der Waals surface area (Å²) in [6, 6.07) is 5.99. The van der Waals surface area contributed by atoms with E-state index in [9.17, 15) is 0 Å². The molecule has 2 rings (SSSR count). The fraction of sp³-hybridized carbons (Fsp3) is 0.562. The molecule has 20 heavy (non-hydrogen) atoms. The minimum absolute atomic E-state index is 0.0681. The Morgan fingerprint density at radius 2 is 1.95 bits per heavy atom. The van der Waals surface area contributed by atoms with Crippen LogP contribution in [0.15, 0.2) is 18.2 Å². The lowest BCUT2D eigenvalue weighted by atomic mass is 10.0. The molecule has 1 aromatic carbocycles. The second kappa shape index (κ2) is 5.09. The van der Waals surface area contributed by atoms with Gasteiger partial charge in [0.2, 0.25) is 0 Å². The molecule has 0 saturated carbocycles. The molecule has 0 aliphatic carbocycles. The average molecular weight is 274 g/mol. The molecule has 0 unspecified atom stereocenters. The highest BCUT2D eigenvalue weighted by Crippen LogP contribution is 2.26. The molecule has 0 atom stereocenters. The smallest absolute Gasteiger partial charge is 0.112 e. The minimum atomic E-state index is 0.0681. The molecule has 0 spiro atoms. The van der Waals surface area contributed by atoms with Gasteiger partial charge in [-0.1, -0.05) is 13.8 Å². The van der Waals surface area contributed by atoms with Gasteiger partial charge >= 0.3 is 0 Å². The maximum absolute atomic E-state index is 5.88. The summed E-state index contributed by atoms with van der Waals surface area (Å²) in [5.41, 5.74) is 8.87. The fourth-order valence-corrected chi connectivity index (χ4v) is 2.30. The third kappa shape index (κ3) is 2.66. The molecular formula is C16H26N4. The Kier molecular flexibility index (Phi) is 3.78. The normalized spacial score (nSPS) is 12.8. The Bertz CT molecular complexity index is 608. The van der Waals surface area contributed by atoms with Crippen LogP contribution in [-0.4, -0.2) is 34.1 Å². The third-order valence-corrected chi connectivity index (χ3v) is 4.07. The van der Waals surface area contributed by atoms with Crippen LogP contribution in [0.25, 0.3) is 11.0 Å². The van der Waals surface area contributed by atoms with Crippen molar-refractivity contribution in [2.75, 3.05) is 19.8 Å². The highest BCUT2D eigenvalue weighted by molar-refractivity contribution is 5.79. The molecule has 0 aliphatic heterocycles. The van der Waals surface area contributed by atoms with E-state index < -0.39 is 0 Å². The van der Waals surface area contributed by atoms with Gasteiger partial charge in [0.15, 0.2) is 0 Å². The van der Waals surface area contributed by atoms with Crippen molar-refractivity contribution in [1.82, 2.24) is 14.5 Å². The van der Waals surface area contributed by atoms with Crippen molar-refractivity contribution in [2.45, 2.75) is 45.7 Å². The third-order valence-electron chi connectivity index (χ3n) is 4.07. The molecule has 1 aromatic heterocycles. The van der Waals surface area contributed by atoms with E-state index in [0.717, 1.165) is 29.1 Å². The van der Waals surface area contributed by atoms with Crippen LogP contribution >= 0.6 is 0 Å². The summed E-state index contributed by atoms with van der Waals surface area (Å²) in [5.74, 6) is 1.52. The summed E-state index contributed by atoms with van der Waals surface area (Å²) in [5, 5.41) is 0. The molecule has 2 N–H and O–H groups in total. The molecule has 2 aromatic rings. The van der Waals surface area contributed by atoms with Gasteiger partial charge in [-0.05, 0) is 46.1 Å². The van der Waals surface area contributed by atoms with Crippen LogP contribution in [0, 0.1) is 0 Å². The number of hydrogen-bond donors (Lipinski definition) is 1. The van der Waals surface area contributed by atoms with Crippen LogP contribution < -0.4 is 5.73 Å². The summed E-state index contributed by atoms with van der Waals surface area (Å²) in [7, 11) is 4.23. The number of hydrogen-bond acceptors (Lipinski definition) is 3. The number of nitrogen functional groups attached to an aromatic ring is 1. The lowest BCUT2D eigenvalue weighted by molar-refractivity contribution is 0.169. The number of aromatic nitrogens is 2. The first-order valence-corrected chi connectivity index (χ1v) is 7.15. The van der Waals surface area contributed by atoms with E-state index in [-0.39, 0.29) is 5.54 Å². The molecule has 0 fully saturated rings. The standard InChI is InChI=1S/C16H26N4/c1-11(2)15-18-13-9-12(17)7-8-14(13)20(15)10-16(3,4)19(5)6/h7-9,11H,10,17H2,1-6H3. The predicted octanol–water partition coefficient (Wildman–Crippen LogP) is 3.08. The highest BCUT2D eigenvalue weighted by Gasteiger charge is 2.24. The molecule has 110 valence electrons. The van der Waals surface area contributed by atoms with Crippen LogP contribution in [-0.2, 0) is 6.54 Å².